The highest BCUT2D eigenvalue weighted by molar-refractivity contribution is 5.91. The lowest BCUT2D eigenvalue weighted by Crippen LogP contribution is -2.27. The van der Waals surface area contributed by atoms with Crippen molar-refractivity contribution >= 4 is 11.8 Å². The zero-order valence-electron chi connectivity index (χ0n) is 11.4. The van der Waals surface area contributed by atoms with Crippen LogP contribution >= 0.6 is 0 Å². The molecule has 0 aromatic carbocycles. The van der Waals surface area contributed by atoms with Crippen LogP contribution in [0.1, 0.15) is 39.0 Å². The number of carbonyl (C=O) groups is 2. The van der Waals surface area contributed by atoms with Crippen molar-refractivity contribution in [2.75, 3.05) is 6.61 Å². The van der Waals surface area contributed by atoms with Crippen molar-refractivity contribution in [1.82, 2.24) is 0 Å². The lowest BCUT2D eigenvalue weighted by molar-refractivity contribution is -0.152. The zero-order valence-corrected chi connectivity index (χ0v) is 11.4. The largest absolute Gasteiger partial charge is 0.466 e. The number of esters is 1. The van der Waals surface area contributed by atoms with E-state index < -0.39 is 5.41 Å². The van der Waals surface area contributed by atoms with E-state index in [0.29, 0.717) is 25.9 Å². The highest BCUT2D eigenvalue weighted by atomic mass is 16.5. The third-order valence-electron chi connectivity index (χ3n) is 4.45. The fourth-order valence-corrected chi connectivity index (χ4v) is 3.13. The van der Waals surface area contributed by atoms with E-state index in [1.807, 2.05) is 0 Å². The van der Waals surface area contributed by atoms with E-state index in [4.69, 9.17) is 4.74 Å². The lowest BCUT2D eigenvalue weighted by atomic mass is 9.89. The minimum absolute atomic E-state index is 0.0572. The summed E-state index contributed by atoms with van der Waals surface area (Å²) in [6.45, 7) is 5.82. The monoisotopic (exact) mass is 266 g/mol. The second kappa shape index (κ2) is 5.45. The maximum Gasteiger partial charge on any atom is 0.313 e. The number of aliphatic hydroxyl groups excluding tert-OH is 1. The van der Waals surface area contributed by atoms with Gasteiger partial charge in [-0.15, -0.1) is 6.58 Å². The number of ketones is 1. The van der Waals surface area contributed by atoms with Gasteiger partial charge in [-0.05, 0) is 38.5 Å². The molecule has 4 heteroatoms. The highest BCUT2D eigenvalue weighted by Crippen LogP contribution is 2.57. The second-order valence-electron chi connectivity index (χ2n) is 5.73. The molecule has 0 unspecified atom stereocenters. The number of hydrogen-bond acceptors (Lipinski definition) is 4. The third-order valence-corrected chi connectivity index (χ3v) is 4.45. The molecule has 0 spiro atoms. The summed E-state index contributed by atoms with van der Waals surface area (Å²) in [7, 11) is 0. The number of carbonyl (C=O) groups excluding carboxylic acids is 2. The summed E-state index contributed by atoms with van der Waals surface area (Å²) in [5, 5.41) is 9.49. The Morgan fingerprint density at radius 1 is 1.47 bits per heavy atom. The molecule has 0 aliphatic heterocycles. The first-order chi connectivity index (χ1) is 9.03. The number of rotatable bonds is 6. The molecule has 2 aliphatic rings. The Kier molecular flexibility index (Phi) is 4.09. The summed E-state index contributed by atoms with van der Waals surface area (Å²) in [5.41, 5.74) is -0.664. The van der Waals surface area contributed by atoms with Gasteiger partial charge in [-0.25, -0.2) is 0 Å². The standard InChI is InChI=1S/C15H22O4/c1-3-11-8-15(11,14(18)19-4-2)9-13(17)10-5-6-12(16)7-10/h3,10-12,16H,1,4-9H2,2H3/t10-,11+,12-,15+/m0/s1. The Bertz CT molecular complexity index is 390. The summed E-state index contributed by atoms with van der Waals surface area (Å²) >= 11 is 0. The van der Waals surface area contributed by atoms with Crippen LogP contribution in [-0.4, -0.2) is 29.6 Å². The Labute approximate surface area is 113 Å². The third kappa shape index (κ3) is 2.73. The van der Waals surface area contributed by atoms with E-state index in [9.17, 15) is 14.7 Å². The normalized spacial score (nSPS) is 36.8. The van der Waals surface area contributed by atoms with E-state index in [1.165, 1.54) is 0 Å². The van der Waals surface area contributed by atoms with Crippen LogP contribution in [0.25, 0.3) is 0 Å². The fourth-order valence-electron chi connectivity index (χ4n) is 3.13. The SMILES string of the molecule is C=C[C@@H]1C[C@]1(CC(=O)[C@H]1CC[C@H](O)C1)C(=O)OCC. The van der Waals surface area contributed by atoms with E-state index in [-0.39, 0.29) is 36.1 Å². The summed E-state index contributed by atoms with van der Waals surface area (Å²) in [6.07, 6.45) is 4.24. The first-order valence-corrected chi connectivity index (χ1v) is 7.04. The van der Waals surface area contributed by atoms with Crippen LogP contribution in [-0.2, 0) is 14.3 Å². The van der Waals surface area contributed by atoms with E-state index >= 15 is 0 Å². The number of ether oxygens (including phenoxy) is 1. The van der Waals surface area contributed by atoms with Gasteiger partial charge in [-0.3, -0.25) is 9.59 Å². The lowest BCUT2D eigenvalue weighted by Gasteiger charge is -2.16. The zero-order chi connectivity index (χ0) is 14.0. The summed E-state index contributed by atoms with van der Waals surface area (Å²) in [5.74, 6) is -0.213. The number of hydrogen-bond donors (Lipinski definition) is 1. The van der Waals surface area contributed by atoms with Crippen molar-refractivity contribution in [3.05, 3.63) is 12.7 Å². The molecular weight excluding hydrogens is 244 g/mol. The topological polar surface area (TPSA) is 63.6 Å². The van der Waals surface area contributed by atoms with Gasteiger partial charge in [-0.2, -0.15) is 0 Å². The summed E-state index contributed by atoms with van der Waals surface area (Å²) in [4.78, 5) is 24.3. The van der Waals surface area contributed by atoms with Crippen molar-refractivity contribution in [3.63, 3.8) is 0 Å². The molecule has 2 saturated carbocycles. The minimum Gasteiger partial charge on any atom is -0.466 e. The van der Waals surface area contributed by atoms with Crippen molar-refractivity contribution in [2.24, 2.45) is 17.3 Å². The van der Waals surface area contributed by atoms with Gasteiger partial charge in [0.15, 0.2) is 0 Å². The van der Waals surface area contributed by atoms with Gasteiger partial charge in [-0.1, -0.05) is 6.08 Å². The molecule has 4 atom stereocenters. The summed E-state index contributed by atoms with van der Waals surface area (Å²) < 4.78 is 5.10. The average molecular weight is 266 g/mol. The summed E-state index contributed by atoms with van der Waals surface area (Å²) in [6, 6.07) is 0. The van der Waals surface area contributed by atoms with Crippen molar-refractivity contribution < 1.29 is 19.4 Å². The van der Waals surface area contributed by atoms with Gasteiger partial charge in [0, 0.05) is 12.3 Å². The molecule has 0 heterocycles. The predicted molar refractivity (Wildman–Crippen MR) is 70.3 cm³/mol. The smallest absolute Gasteiger partial charge is 0.313 e. The van der Waals surface area contributed by atoms with Gasteiger partial charge in [0.1, 0.15) is 5.78 Å². The first kappa shape index (κ1) is 14.3. The molecule has 0 bridgehead atoms. The molecule has 0 amide bonds. The van der Waals surface area contributed by atoms with Gasteiger partial charge < -0.3 is 9.84 Å². The van der Waals surface area contributed by atoms with Crippen LogP contribution in [0.3, 0.4) is 0 Å². The molecule has 0 radical (unpaired) electrons. The van der Waals surface area contributed by atoms with Gasteiger partial charge >= 0.3 is 5.97 Å². The molecule has 2 fully saturated rings. The van der Waals surface area contributed by atoms with E-state index in [2.05, 4.69) is 6.58 Å². The van der Waals surface area contributed by atoms with Crippen LogP contribution in [0.15, 0.2) is 12.7 Å². The van der Waals surface area contributed by atoms with Crippen LogP contribution < -0.4 is 0 Å². The quantitative estimate of drug-likeness (QED) is 0.589. The van der Waals surface area contributed by atoms with Crippen molar-refractivity contribution in [3.8, 4) is 0 Å². The Morgan fingerprint density at radius 3 is 2.68 bits per heavy atom. The van der Waals surface area contributed by atoms with Gasteiger partial charge in [0.2, 0.25) is 0 Å². The average Bonchev–Trinajstić information content (AvgIpc) is 2.92. The molecule has 0 saturated heterocycles. The Balaban J connectivity index is 2.00. The Morgan fingerprint density at radius 2 is 2.21 bits per heavy atom. The van der Waals surface area contributed by atoms with Crippen molar-refractivity contribution in [2.45, 2.75) is 45.1 Å². The number of allylic oxidation sites excluding steroid dienone is 1. The molecule has 2 aliphatic carbocycles. The molecule has 4 nitrogen and oxygen atoms in total. The van der Waals surface area contributed by atoms with E-state index in [0.717, 1.165) is 6.42 Å². The van der Waals surface area contributed by atoms with Crippen molar-refractivity contribution in [1.29, 1.82) is 0 Å². The molecule has 19 heavy (non-hydrogen) atoms. The van der Waals surface area contributed by atoms with Crippen LogP contribution in [0, 0.1) is 17.3 Å². The fraction of sp³-hybridized carbons (Fsp3) is 0.733. The maximum absolute atomic E-state index is 12.3. The minimum atomic E-state index is -0.664. The van der Waals surface area contributed by atoms with Crippen LogP contribution in [0.5, 0.6) is 0 Å². The highest BCUT2D eigenvalue weighted by Gasteiger charge is 2.60. The molecule has 1 N–H and O–H groups in total. The molecule has 2 rings (SSSR count). The molecular formula is C15H22O4. The van der Waals surface area contributed by atoms with Crippen LogP contribution in [0.4, 0.5) is 0 Å². The van der Waals surface area contributed by atoms with Gasteiger partial charge in [0.05, 0.1) is 18.1 Å². The number of Topliss-reactive ketones (excluding diaryl/α,β-unsaturated/α-hetero) is 1. The molecule has 106 valence electrons. The maximum atomic E-state index is 12.3. The molecule has 0 aromatic rings. The predicted octanol–water partition coefficient (Wildman–Crippen LogP) is 1.86. The number of aliphatic hydroxyl groups is 1. The van der Waals surface area contributed by atoms with Gasteiger partial charge in [0.25, 0.3) is 0 Å². The van der Waals surface area contributed by atoms with Crippen LogP contribution in [0.2, 0.25) is 0 Å². The Hall–Kier alpha value is -1.16. The first-order valence-electron chi connectivity index (χ1n) is 7.04. The molecule has 0 aromatic heterocycles. The van der Waals surface area contributed by atoms with E-state index in [1.54, 1.807) is 13.0 Å². The second-order valence-corrected chi connectivity index (χ2v) is 5.73.